The molecule has 1 aromatic heterocycles. The molecule has 1 saturated heterocycles. The zero-order chi connectivity index (χ0) is 13.2. The molecule has 0 spiro atoms. The van der Waals surface area contributed by atoms with Crippen molar-refractivity contribution in [1.82, 2.24) is 14.9 Å². The molecular weight excluding hydrogens is 238 g/mol. The molecule has 104 valence electrons. The van der Waals surface area contributed by atoms with E-state index < -0.39 is 0 Å². The van der Waals surface area contributed by atoms with Gasteiger partial charge in [-0.3, -0.25) is 4.90 Å². The molecule has 0 bridgehead atoms. The summed E-state index contributed by atoms with van der Waals surface area (Å²) in [5, 5.41) is 6.76. The van der Waals surface area contributed by atoms with E-state index in [4.69, 9.17) is 0 Å². The molecule has 0 radical (unpaired) electrons. The maximum atomic E-state index is 4.43. The van der Waals surface area contributed by atoms with E-state index >= 15 is 0 Å². The van der Waals surface area contributed by atoms with Crippen molar-refractivity contribution in [3.63, 3.8) is 0 Å². The van der Waals surface area contributed by atoms with Gasteiger partial charge in [-0.05, 0) is 25.7 Å². The fourth-order valence-corrected chi connectivity index (χ4v) is 2.96. The van der Waals surface area contributed by atoms with Crippen LogP contribution in [0.15, 0.2) is 6.33 Å². The van der Waals surface area contributed by atoms with Crippen LogP contribution in [0.2, 0.25) is 0 Å². The fourth-order valence-electron chi connectivity index (χ4n) is 2.96. The second kappa shape index (κ2) is 5.33. The molecule has 1 saturated carbocycles. The molecule has 5 heteroatoms. The van der Waals surface area contributed by atoms with Gasteiger partial charge >= 0.3 is 0 Å². The number of nitrogens with zero attached hydrogens (tertiary/aromatic N) is 3. The highest BCUT2D eigenvalue weighted by molar-refractivity contribution is 5.57. The normalized spacial score (nSPS) is 23.6. The summed E-state index contributed by atoms with van der Waals surface area (Å²) >= 11 is 0. The lowest BCUT2D eigenvalue weighted by Crippen LogP contribution is -2.28. The van der Waals surface area contributed by atoms with Gasteiger partial charge in [-0.15, -0.1) is 0 Å². The molecule has 1 unspecified atom stereocenters. The lowest BCUT2D eigenvalue weighted by molar-refractivity contribution is 0.326. The van der Waals surface area contributed by atoms with Crippen LogP contribution in [0, 0.1) is 0 Å². The minimum atomic E-state index is 0.533. The first-order valence-corrected chi connectivity index (χ1v) is 7.34. The summed E-state index contributed by atoms with van der Waals surface area (Å²) < 4.78 is 0. The summed E-state index contributed by atoms with van der Waals surface area (Å²) in [5.41, 5.74) is 1.19. The minimum Gasteiger partial charge on any atom is -0.373 e. The molecule has 2 heterocycles. The van der Waals surface area contributed by atoms with Gasteiger partial charge < -0.3 is 10.6 Å². The molecule has 1 atom stereocenters. The second-order valence-electron chi connectivity index (χ2n) is 5.51. The van der Waals surface area contributed by atoms with E-state index in [0.717, 1.165) is 30.6 Å². The highest BCUT2D eigenvalue weighted by Gasteiger charge is 2.34. The van der Waals surface area contributed by atoms with Gasteiger partial charge in [0.05, 0.1) is 0 Å². The van der Waals surface area contributed by atoms with Gasteiger partial charge in [0.2, 0.25) is 0 Å². The number of rotatable bonds is 5. The molecule has 3 rings (SSSR count). The lowest BCUT2D eigenvalue weighted by atomic mass is 10.2. The van der Waals surface area contributed by atoms with Crippen molar-refractivity contribution in [3.8, 4) is 0 Å². The van der Waals surface area contributed by atoms with Crippen LogP contribution in [0.5, 0.6) is 0 Å². The third-order valence-electron chi connectivity index (χ3n) is 4.16. The summed E-state index contributed by atoms with van der Waals surface area (Å²) in [7, 11) is 1.91. The summed E-state index contributed by atoms with van der Waals surface area (Å²) in [5.74, 6) is 1.95. The fraction of sp³-hybridized carbons (Fsp3) is 0.714. The van der Waals surface area contributed by atoms with E-state index in [0.29, 0.717) is 6.04 Å². The lowest BCUT2D eigenvalue weighted by Gasteiger charge is -2.18. The molecule has 5 nitrogen and oxygen atoms in total. The maximum Gasteiger partial charge on any atom is 0.134 e. The van der Waals surface area contributed by atoms with Crippen molar-refractivity contribution >= 4 is 11.6 Å². The van der Waals surface area contributed by atoms with Gasteiger partial charge in [0.25, 0.3) is 0 Å². The van der Waals surface area contributed by atoms with Gasteiger partial charge in [0.15, 0.2) is 0 Å². The van der Waals surface area contributed by atoms with Gasteiger partial charge in [-0.2, -0.15) is 0 Å². The van der Waals surface area contributed by atoms with Crippen molar-refractivity contribution < 1.29 is 0 Å². The van der Waals surface area contributed by atoms with Crippen LogP contribution in [0.1, 0.15) is 31.7 Å². The molecule has 2 aliphatic rings. The zero-order valence-corrected chi connectivity index (χ0v) is 11.8. The Morgan fingerprint density at radius 1 is 1.26 bits per heavy atom. The monoisotopic (exact) mass is 261 g/mol. The van der Waals surface area contributed by atoms with Crippen LogP contribution in [-0.4, -0.2) is 47.1 Å². The van der Waals surface area contributed by atoms with Crippen LogP contribution < -0.4 is 10.6 Å². The number of anilines is 2. The van der Waals surface area contributed by atoms with Crippen LogP contribution in [-0.2, 0) is 6.42 Å². The Bertz CT molecular complexity index is 443. The quantitative estimate of drug-likeness (QED) is 0.845. The molecule has 1 aliphatic heterocycles. The first kappa shape index (κ1) is 12.7. The van der Waals surface area contributed by atoms with E-state index in [1.165, 1.54) is 31.4 Å². The topological polar surface area (TPSA) is 53.1 Å². The highest BCUT2D eigenvalue weighted by Crippen LogP contribution is 2.31. The molecule has 2 fully saturated rings. The minimum absolute atomic E-state index is 0.533. The highest BCUT2D eigenvalue weighted by atomic mass is 15.2. The summed E-state index contributed by atoms with van der Waals surface area (Å²) in [6.45, 7) is 4.54. The maximum absolute atomic E-state index is 4.43. The van der Waals surface area contributed by atoms with Crippen LogP contribution in [0.4, 0.5) is 11.6 Å². The predicted molar refractivity (Wildman–Crippen MR) is 77.6 cm³/mol. The SMILES string of the molecule is CCc1c(NC)ncnc1NC1CCN(C2CC2)C1. The van der Waals surface area contributed by atoms with Crippen molar-refractivity contribution in [2.75, 3.05) is 30.8 Å². The van der Waals surface area contributed by atoms with E-state index in [2.05, 4.69) is 32.4 Å². The smallest absolute Gasteiger partial charge is 0.134 e. The molecule has 19 heavy (non-hydrogen) atoms. The van der Waals surface area contributed by atoms with E-state index in [1.54, 1.807) is 6.33 Å². The van der Waals surface area contributed by atoms with E-state index in [9.17, 15) is 0 Å². The molecular formula is C14H23N5. The first-order valence-electron chi connectivity index (χ1n) is 7.34. The number of likely N-dealkylation sites (tertiary alicyclic amines) is 1. The van der Waals surface area contributed by atoms with E-state index in [1.807, 2.05) is 7.05 Å². The number of hydrogen-bond acceptors (Lipinski definition) is 5. The van der Waals surface area contributed by atoms with Crippen molar-refractivity contribution in [2.45, 2.75) is 44.7 Å². The Balaban J connectivity index is 1.69. The molecule has 1 aliphatic carbocycles. The molecule has 1 aromatic rings. The Hall–Kier alpha value is -1.36. The molecule has 2 N–H and O–H groups in total. The third-order valence-corrected chi connectivity index (χ3v) is 4.16. The third kappa shape index (κ3) is 2.66. The average molecular weight is 261 g/mol. The molecule has 0 aromatic carbocycles. The summed E-state index contributed by atoms with van der Waals surface area (Å²) in [6.07, 6.45) is 6.59. The zero-order valence-electron chi connectivity index (χ0n) is 11.8. The van der Waals surface area contributed by atoms with Gasteiger partial charge in [-0.1, -0.05) is 6.92 Å². The second-order valence-corrected chi connectivity index (χ2v) is 5.51. The predicted octanol–water partition coefficient (Wildman–Crippen LogP) is 1.73. The standard InChI is InChI=1S/C14H23N5/c1-3-12-13(15-2)16-9-17-14(12)18-10-6-7-19(8-10)11-4-5-11/h9-11H,3-8H2,1-2H3,(H2,15,16,17,18). The van der Waals surface area contributed by atoms with Crippen molar-refractivity contribution in [1.29, 1.82) is 0 Å². The van der Waals surface area contributed by atoms with Crippen molar-refractivity contribution in [2.24, 2.45) is 0 Å². The largest absolute Gasteiger partial charge is 0.373 e. The van der Waals surface area contributed by atoms with Gasteiger partial charge in [0.1, 0.15) is 18.0 Å². The Labute approximate surface area is 114 Å². The number of aromatic nitrogens is 2. The summed E-state index contributed by atoms with van der Waals surface area (Å²) in [6, 6.07) is 1.40. The first-order chi connectivity index (χ1) is 9.31. The summed E-state index contributed by atoms with van der Waals surface area (Å²) in [4.78, 5) is 11.3. The Morgan fingerprint density at radius 2 is 2.05 bits per heavy atom. The average Bonchev–Trinajstić information content (AvgIpc) is 3.19. The van der Waals surface area contributed by atoms with Crippen LogP contribution >= 0.6 is 0 Å². The van der Waals surface area contributed by atoms with E-state index in [-0.39, 0.29) is 0 Å². The number of hydrogen-bond donors (Lipinski definition) is 2. The van der Waals surface area contributed by atoms with Crippen molar-refractivity contribution in [3.05, 3.63) is 11.9 Å². The van der Waals surface area contributed by atoms with Gasteiger partial charge in [0, 0.05) is 37.8 Å². The molecule has 0 amide bonds. The number of nitrogens with one attached hydrogen (secondary N) is 2. The Kier molecular flexibility index (Phi) is 3.55. The Morgan fingerprint density at radius 3 is 2.74 bits per heavy atom. The van der Waals surface area contributed by atoms with Crippen LogP contribution in [0.25, 0.3) is 0 Å². The van der Waals surface area contributed by atoms with Crippen LogP contribution in [0.3, 0.4) is 0 Å². The van der Waals surface area contributed by atoms with Gasteiger partial charge in [-0.25, -0.2) is 9.97 Å².